The fraction of sp³-hybridized carbons (Fsp3) is 0.571. The Bertz CT molecular complexity index is 552. The summed E-state index contributed by atoms with van der Waals surface area (Å²) < 4.78 is 3.86. The third kappa shape index (κ3) is 3.04. The topological polar surface area (TPSA) is 61.7 Å². The first kappa shape index (κ1) is 13.8. The molecule has 0 radical (unpaired) electrons. The number of rotatable bonds is 5. The van der Waals surface area contributed by atoms with Crippen LogP contribution in [0.4, 0.5) is 0 Å². The molecule has 0 spiro atoms. The zero-order valence-electron chi connectivity index (χ0n) is 12.2. The summed E-state index contributed by atoms with van der Waals surface area (Å²) in [4.78, 5) is 0. The van der Waals surface area contributed by atoms with Gasteiger partial charge in [-0.2, -0.15) is 10.2 Å². The summed E-state index contributed by atoms with van der Waals surface area (Å²) in [7, 11) is 1.97. The molecule has 0 aliphatic rings. The van der Waals surface area contributed by atoms with E-state index in [4.69, 9.17) is 5.73 Å². The SMILES string of the molecule is CCn1cc(CC(N)Cc2c(C)nn(C)c2C)cn1. The maximum absolute atomic E-state index is 6.26. The van der Waals surface area contributed by atoms with Gasteiger partial charge in [-0.05, 0) is 44.7 Å². The van der Waals surface area contributed by atoms with Crippen LogP contribution in [0, 0.1) is 13.8 Å². The molecule has 104 valence electrons. The summed E-state index contributed by atoms with van der Waals surface area (Å²) in [6.07, 6.45) is 5.70. The van der Waals surface area contributed by atoms with Crippen molar-refractivity contribution in [3.8, 4) is 0 Å². The quantitative estimate of drug-likeness (QED) is 0.884. The smallest absolute Gasteiger partial charge is 0.0628 e. The minimum absolute atomic E-state index is 0.108. The number of aryl methyl sites for hydroxylation is 3. The Morgan fingerprint density at radius 3 is 2.58 bits per heavy atom. The van der Waals surface area contributed by atoms with Gasteiger partial charge in [0, 0.05) is 31.5 Å². The van der Waals surface area contributed by atoms with Crippen molar-refractivity contribution >= 4 is 0 Å². The van der Waals surface area contributed by atoms with E-state index in [1.54, 1.807) is 0 Å². The number of nitrogens with zero attached hydrogens (tertiary/aromatic N) is 4. The maximum atomic E-state index is 6.26. The predicted molar refractivity (Wildman–Crippen MR) is 76.0 cm³/mol. The Labute approximate surface area is 114 Å². The van der Waals surface area contributed by atoms with Gasteiger partial charge in [0.1, 0.15) is 0 Å². The average molecular weight is 261 g/mol. The van der Waals surface area contributed by atoms with Crippen molar-refractivity contribution in [2.24, 2.45) is 12.8 Å². The molecule has 2 heterocycles. The number of hydrogen-bond acceptors (Lipinski definition) is 3. The molecule has 2 rings (SSSR count). The second-order valence-corrected chi connectivity index (χ2v) is 5.15. The molecular formula is C14H23N5. The first-order valence-corrected chi connectivity index (χ1v) is 6.77. The van der Waals surface area contributed by atoms with Gasteiger partial charge >= 0.3 is 0 Å². The van der Waals surface area contributed by atoms with E-state index < -0.39 is 0 Å². The minimum atomic E-state index is 0.108. The van der Waals surface area contributed by atoms with Crippen molar-refractivity contribution in [2.75, 3.05) is 0 Å². The normalized spacial score (nSPS) is 12.9. The lowest BCUT2D eigenvalue weighted by Gasteiger charge is -2.10. The number of nitrogens with two attached hydrogens (primary N) is 1. The maximum Gasteiger partial charge on any atom is 0.0628 e. The van der Waals surface area contributed by atoms with E-state index >= 15 is 0 Å². The lowest BCUT2D eigenvalue weighted by atomic mass is 10.0. The molecule has 0 bridgehead atoms. The standard InChI is InChI=1S/C14H23N5/c1-5-19-9-12(8-16-19)6-13(15)7-14-10(2)17-18(4)11(14)3/h8-9,13H,5-7,15H2,1-4H3. The molecule has 19 heavy (non-hydrogen) atoms. The molecule has 5 heteroatoms. The van der Waals surface area contributed by atoms with E-state index in [0.29, 0.717) is 0 Å². The molecule has 0 aliphatic carbocycles. The molecule has 0 saturated carbocycles. The van der Waals surface area contributed by atoms with Crippen molar-refractivity contribution in [1.29, 1.82) is 0 Å². The van der Waals surface area contributed by atoms with E-state index in [9.17, 15) is 0 Å². The molecule has 0 aliphatic heterocycles. The first-order chi connectivity index (χ1) is 9.01. The van der Waals surface area contributed by atoms with Crippen LogP contribution in [0.3, 0.4) is 0 Å². The highest BCUT2D eigenvalue weighted by atomic mass is 15.3. The van der Waals surface area contributed by atoms with Crippen LogP contribution in [0.15, 0.2) is 12.4 Å². The van der Waals surface area contributed by atoms with Crippen LogP contribution in [0.2, 0.25) is 0 Å². The van der Waals surface area contributed by atoms with Gasteiger partial charge in [-0.15, -0.1) is 0 Å². The van der Waals surface area contributed by atoms with Crippen LogP contribution < -0.4 is 5.73 Å². The van der Waals surface area contributed by atoms with Gasteiger partial charge in [-0.1, -0.05) is 0 Å². The predicted octanol–water partition coefficient (Wildman–Crippen LogP) is 1.37. The van der Waals surface area contributed by atoms with E-state index in [1.807, 2.05) is 29.5 Å². The van der Waals surface area contributed by atoms with Crippen LogP contribution in [-0.4, -0.2) is 25.6 Å². The van der Waals surface area contributed by atoms with Crippen LogP contribution in [-0.2, 0) is 26.4 Å². The second-order valence-electron chi connectivity index (χ2n) is 5.15. The summed E-state index contributed by atoms with van der Waals surface area (Å²) in [5, 5.41) is 8.71. The lowest BCUT2D eigenvalue weighted by Crippen LogP contribution is -2.26. The van der Waals surface area contributed by atoms with E-state index in [-0.39, 0.29) is 6.04 Å². The van der Waals surface area contributed by atoms with Gasteiger partial charge in [0.2, 0.25) is 0 Å². The second kappa shape index (κ2) is 5.57. The zero-order chi connectivity index (χ0) is 14.0. The molecule has 1 unspecified atom stereocenters. The average Bonchev–Trinajstić information content (AvgIpc) is 2.90. The molecule has 2 N–H and O–H groups in total. The summed E-state index contributed by atoms with van der Waals surface area (Å²) in [5.41, 5.74) is 11.0. The minimum Gasteiger partial charge on any atom is -0.327 e. The molecule has 2 aromatic heterocycles. The van der Waals surface area contributed by atoms with E-state index in [0.717, 1.165) is 25.1 Å². The molecule has 5 nitrogen and oxygen atoms in total. The number of aromatic nitrogens is 4. The van der Waals surface area contributed by atoms with Crippen molar-refractivity contribution in [1.82, 2.24) is 19.6 Å². The molecule has 1 atom stereocenters. The lowest BCUT2D eigenvalue weighted by molar-refractivity contribution is 0.648. The van der Waals surface area contributed by atoms with Crippen molar-refractivity contribution in [2.45, 2.75) is 46.2 Å². The van der Waals surface area contributed by atoms with Crippen LogP contribution in [0.25, 0.3) is 0 Å². The zero-order valence-corrected chi connectivity index (χ0v) is 12.2. The molecule has 0 amide bonds. The summed E-state index contributed by atoms with van der Waals surface area (Å²) in [6.45, 7) is 7.12. The fourth-order valence-electron chi connectivity index (χ4n) is 2.43. The van der Waals surface area contributed by atoms with Gasteiger partial charge in [0.15, 0.2) is 0 Å². The van der Waals surface area contributed by atoms with Crippen LogP contribution in [0.1, 0.15) is 29.4 Å². The highest BCUT2D eigenvalue weighted by Crippen LogP contribution is 2.15. The summed E-state index contributed by atoms with van der Waals surface area (Å²) in [5.74, 6) is 0. The van der Waals surface area contributed by atoms with Gasteiger partial charge in [-0.3, -0.25) is 9.36 Å². The van der Waals surface area contributed by atoms with Crippen LogP contribution >= 0.6 is 0 Å². The molecule has 0 saturated heterocycles. The monoisotopic (exact) mass is 261 g/mol. The third-order valence-electron chi connectivity index (χ3n) is 3.63. The highest BCUT2D eigenvalue weighted by Gasteiger charge is 2.14. The number of hydrogen-bond donors (Lipinski definition) is 1. The first-order valence-electron chi connectivity index (χ1n) is 6.77. The molecule has 0 fully saturated rings. The Hall–Kier alpha value is -1.62. The van der Waals surface area contributed by atoms with Crippen molar-refractivity contribution in [3.05, 3.63) is 34.9 Å². The Morgan fingerprint density at radius 1 is 1.32 bits per heavy atom. The Balaban J connectivity index is 2.02. The molecular weight excluding hydrogens is 238 g/mol. The summed E-state index contributed by atoms with van der Waals surface area (Å²) in [6, 6.07) is 0.108. The van der Waals surface area contributed by atoms with Gasteiger partial charge < -0.3 is 5.73 Å². The molecule has 2 aromatic rings. The van der Waals surface area contributed by atoms with Crippen molar-refractivity contribution in [3.63, 3.8) is 0 Å². The van der Waals surface area contributed by atoms with Gasteiger partial charge in [0.25, 0.3) is 0 Å². The largest absolute Gasteiger partial charge is 0.327 e. The Morgan fingerprint density at radius 2 is 2.05 bits per heavy atom. The van der Waals surface area contributed by atoms with E-state index in [1.165, 1.54) is 16.8 Å². The van der Waals surface area contributed by atoms with Crippen molar-refractivity contribution < 1.29 is 0 Å². The Kier molecular flexibility index (Phi) is 4.04. The third-order valence-corrected chi connectivity index (χ3v) is 3.63. The van der Waals surface area contributed by atoms with Gasteiger partial charge in [0.05, 0.1) is 11.9 Å². The summed E-state index contributed by atoms with van der Waals surface area (Å²) >= 11 is 0. The van der Waals surface area contributed by atoms with E-state index in [2.05, 4.69) is 30.2 Å². The highest BCUT2D eigenvalue weighted by molar-refractivity contribution is 5.25. The van der Waals surface area contributed by atoms with Crippen LogP contribution in [0.5, 0.6) is 0 Å². The van der Waals surface area contributed by atoms with Gasteiger partial charge in [-0.25, -0.2) is 0 Å². The molecule has 0 aromatic carbocycles. The fourth-order valence-corrected chi connectivity index (χ4v) is 2.43.